The second-order valence-corrected chi connectivity index (χ2v) is 7.23. The lowest BCUT2D eigenvalue weighted by Gasteiger charge is -2.10. The Morgan fingerprint density at radius 3 is 2.55 bits per heavy atom. The summed E-state index contributed by atoms with van der Waals surface area (Å²) in [6.45, 7) is 0.741. The molecule has 0 bridgehead atoms. The first-order valence-corrected chi connectivity index (χ1v) is 9.49. The van der Waals surface area contributed by atoms with Crippen molar-refractivity contribution < 1.29 is 13.2 Å². The number of rotatable bonds is 2. The van der Waals surface area contributed by atoms with Gasteiger partial charge in [0.2, 0.25) is 0 Å². The molecule has 0 aliphatic carbocycles. The number of benzene rings is 2. The summed E-state index contributed by atoms with van der Waals surface area (Å²) in [4.78, 5) is 0. The van der Waals surface area contributed by atoms with Gasteiger partial charge in [0.05, 0.1) is 33.6 Å². The molecule has 0 saturated carbocycles. The predicted octanol–water partition coefficient (Wildman–Crippen LogP) is 5.83. The van der Waals surface area contributed by atoms with E-state index in [1.807, 2.05) is 0 Å². The van der Waals surface area contributed by atoms with Gasteiger partial charge in [-0.2, -0.15) is 23.5 Å². The van der Waals surface area contributed by atoms with Gasteiger partial charge >= 0.3 is 6.18 Å². The highest BCUT2D eigenvalue weighted by Crippen LogP contribution is 2.40. The molecule has 0 amide bonds. The number of nitrogens with zero attached hydrogens (tertiary/aromatic N) is 3. The van der Waals surface area contributed by atoms with Crippen molar-refractivity contribution in [3.63, 3.8) is 0 Å². The number of alkyl halides is 3. The van der Waals surface area contributed by atoms with Gasteiger partial charge in [-0.1, -0.05) is 11.6 Å². The molecular formula is C21H16ClF3N4. The fourth-order valence-electron chi connectivity index (χ4n) is 3.47. The molecule has 3 aromatic rings. The molecule has 1 aliphatic heterocycles. The highest BCUT2D eigenvalue weighted by Gasteiger charge is 2.32. The molecule has 8 heteroatoms. The van der Waals surface area contributed by atoms with E-state index in [-0.39, 0.29) is 10.6 Å². The zero-order chi connectivity index (χ0) is 20.6. The topological polar surface area (TPSA) is 53.6 Å². The average Bonchev–Trinajstić information content (AvgIpc) is 2.88. The van der Waals surface area contributed by atoms with Crippen molar-refractivity contribution >= 4 is 17.4 Å². The third-order valence-corrected chi connectivity index (χ3v) is 5.25. The fraction of sp³-hybridized carbons (Fsp3) is 0.238. The van der Waals surface area contributed by atoms with Crippen LogP contribution in [-0.2, 0) is 12.6 Å². The molecular weight excluding hydrogens is 401 g/mol. The normalized spacial score (nSPS) is 13.9. The summed E-state index contributed by atoms with van der Waals surface area (Å²) in [6.07, 6.45) is -1.95. The van der Waals surface area contributed by atoms with E-state index in [1.54, 1.807) is 28.9 Å². The van der Waals surface area contributed by atoms with Crippen LogP contribution in [0.25, 0.3) is 16.9 Å². The molecule has 2 heterocycles. The molecule has 0 atom stereocenters. The molecule has 0 radical (unpaired) electrons. The monoisotopic (exact) mass is 416 g/mol. The first kappa shape index (κ1) is 19.3. The molecule has 1 N–H and O–H groups in total. The van der Waals surface area contributed by atoms with Crippen LogP contribution < -0.4 is 5.32 Å². The van der Waals surface area contributed by atoms with Gasteiger partial charge in [0, 0.05) is 17.7 Å². The standard InChI is InChI=1S/C21H16ClF3N4/c22-18-9-6-14(21(23,24)25)11-17(18)19-16-3-1-2-10-27-20(16)29(28-19)15-7-4-13(12-26)5-8-15/h4-9,11,27H,1-3,10H2. The van der Waals surface area contributed by atoms with Gasteiger partial charge in [0.1, 0.15) is 5.82 Å². The van der Waals surface area contributed by atoms with Crippen LogP contribution >= 0.6 is 11.6 Å². The van der Waals surface area contributed by atoms with Gasteiger partial charge in [0.15, 0.2) is 0 Å². The second kappa shape index (κ2) is 7.45. The molecule has 4 rings (SSSR count). The van der Waals surface area contributed by atoms with Crippen molar-refractivity contribution in [2.45, 2.75) is 25.4 Å². The van der Waals surface area contributed by atoms with Crippen LogP contribution in [0, 0.1) is 11.3 Å². The van der Waals surface area contributed by atoms with Gasteiger partial charge in [-0.25, -0.2) is 4.68 Å². The third-order valence-electron chi connectivity index (χ3n) is 4.92. The molecule has 148 valence electrons. The molecule has 0 unspecified atom stereocenters. The third kappa shape index (κ3) is 3.68. The maximum atomic E-state index is 13.3. The maximum absolute atomic E-state index is 13.3. The Kier molecular flexibility index (Phi) is 4.97. The van der Waals surface area contributed by atoms with E-state index in [4.69, 9.17) is 16.9 Å². The number of hydrogen-bond acceptors (Lipinski definition) is 3. The van der Waals surface area contributed by atoms with E-state index in [0.717, 1.165) is 42.9 Å². The van der Waals surface area contributed by atoms with E-state index in [9.17, 15) is 13.2 Å². The number of anilines is 1. The summed E-state index contributed by atoms with van der Waals surface area (Å²) < 4.78 is 41.4. The van der Waals surface area contributed by atoms with Gasteiger partial charge < -0.3 is 5.32 Å². The van der Waals surface area contributed by atoms with E-state index < -0.39 is 11.7 Å². The number of halogens is 4. The Hall–Kier alpha value is -2.98. The van der Waals surface area contributed by atoms with Crippen LogP contribution in [0.3, 0.4) is 0 Å². The molecule has 4 nitrogen and oxygen atoms in total. The van der Waals surface area contributed by atoms with E-state index in [1.165, 1.54) is 6.07 Å². The lowest BCUT2D eigenvalue weighted by Crippen LogP contribution is -2.07. The number of hydrogen-bond donors (Lipinski definition) is 1. The predicted molar refractivity (Wildman–Crippen MR) is 105 cm³/mol. The first-order chi connectivity index (χ1) is 13.9. The van der Waals surface area contributed by atoms with E-state index in [2.05, 4.69) is 16.5 Å². The summed E-state index contributed by atoms with van der Waals surface area (Å²) in [5, 5.41) is 17.2. The van der Waals surface area contributed by atoms with Gasteiger partial charge in [0.25, 0.3) is 0 Å². The Balaban J connectivity index is 1.91. The lowest BCUT2D eigenvalue weighted by atomic mass is 10.0. The van der Waals surface area contributed by atoms with E-state index >= 15 is 0 Å². The molecule has 0 fully saturated rings. The molecule has 2 aromatic carbocycles. The Bertz CT molecular complexity index is 1090. The second-order valence-electron chi connectivity index (χ2n) is 6.82. The fourth-order valence-corrected chi connectivity index (χ4v) is 3.67. The number of fused-ring (bicyclic) bond motifs is 1. The van der Waals surface area contributed by atoms with Crippen molar-refractivity contribution in [1.29, 1.82) is 5.26 Å². The van der Waals surface area contributed by atoms with Gasteiger partial charge in [-0.3, -0.25) is 0 Å². The Morgan fingerprint density at radius 1 is 1.10 bits per heavy atom. The summed E-state index contributed by atoms with van der Waals surface area (Å²) in [5.74, 6) is 0.746. The number of nitriles is 1. The van der Waals surface area contributed by atoms with Crippen LogP contribution in [0.1, 0.15) is 29.5 Å². The van der Waals surface area contributed by atoms with Crippen molar-refractivity contribution in [1.82, 2.24) is 9.78 Å². The zero-order valence-corrected chi connectivity index (χ0v) is 16.0. The van der Waals surface area contributed by atoms with Gasteiger partial charge in [-0.05, 0) is 61.7 Å². The van der Waals surface area contributed by atoms with Crippen LogP contribution in [0.5, 0.6) is 0 Å². The van der Waals surface area contributed by atoms with Crippen molar-refractivity contribution in [2.24, 2.45) is 0 Å². The smallest absolute Gasteiger partial charge is 0.370 e. The summed E-state index contributed by atoms with van der Waals surface area (Å²) in [7, 11) is 0. The SMILES string of the molecule is N#Cc1ccc(-n2nc(-c3cc(C(F)(F)F)ccc3Cl)c3c2NCCCC3)cc1. The minimum Gasteiger partial charge on any atom is -0.370 e. The molecule has 1 aromatic heterocycles. The number of aromatic nitrogens is 2. The maximum Gasteiger partial charge on any atom is 0.416 e. The van der Waals surface area contributed by atoms with Crippen molar-refractivity contribution in [2.75, 3.05) is 11.9 Å². The van der Waals surface area contributed by atoms with Gasteiger partial charge in [-0.15, -0.1) is 0 Å². The Labute approximate surface area is 170 Å². The summed E-state index contributed by atoms with van der Waals surface area (Å²) >= 11 is 6.29. The van der Waals surface area contributed by atoms with E-state index in [0.29, 0.717) is 23.4 Å². The summed E-state index contributed by atoms with van der Waals surface area (Å²) in [5.41, 5.74) is 2.00. The highest BCUT2D eigenvalue weighted by atomic mass is 35.5. The Morgan fingerprint density at radius 2 is 1.86 bits per heavy atom. The van der Waals surface area contributed by atoms with Crippen LogP contribution in [0.4, 0.5) is 19.0 Å². The minimum absolute atomic E-state index is 0.217. The zero-order valence-electron chi connectivity index (χ0n) is 15.2. The minimum atomic E-state index is -4.47. The van der Waals surface area contributed by atoms with Crippen molar-refractivity contribution in [3.8, 4) is 23.0 Å². The summed E-state index contributed by atoms with van der Waals surface area (Å²) in [6, 6.07) is 12.2. The lowest BCUT2D eigenvalue weighted by molar-refractivity contribution is -0.137. The average molecular weight is 417 g/mol. The van der Waals surface area contributed by atoms with Crippen molar-refractivity contribution in [3.05, 3.63) is 64.2 Å². The highest BCUT2D eigenvalue weighted by molar-refractivity contribution is 6.33. The van der Waals surface area contributed by atoms with Crippen LogP contribution in [-0.4, -0.2) is 16.3 Å². The molecule has 0 saturated heterocycles. The largest absolute Gasteiger partial charge is 0.416 e. The van der Waals surface area contributed by atoms with Crippen LogP contribution in [0.2, 0.25) is 5.02 Å². The van der Waals surface area contributed by atoms with Crippen LogP contribution in [0.15, 0.2) is 42.5 Å². The molecule has 0 spiro atoms. The quantitative estimate of drug-likeness (QED) is 0.571. The number of nitrogens with one attached hydrogen (secondary N) is 1. The molecule has 29 heavy (non-hydrogen) atoms. The molecule has 1 aliphatic rings. The first-order valence-electron chi connectivity index (χ1n) is 9.12.